The molecule has 1 saturated carbocycles. The lowest BCUT2D eigenvalue weighted by Gasteiger charge is -2.44. The first-order valence-electron chi connectivity index (χ1n) is 9.32. The molecule has 0 aliphatic heterocycles. The van der Waals surface area contributed by atoms with E-state index in [0.717, 1.165) is 5.56 Å². The van der Waals surface area contributed by atoms with Crippen molar-refractivity contribution in [2.75, 3.05) is 27.7 Å². The van der Waals surface area contributed by atoms with E-state index in [1.54, 1.807) is 24.6 Å². The monoisotopic (exact) mass is 460 g/mol. The number of hydrogen-bond acceptors (Lipinski definition) is 6. The average Bonchev–Trinajstić information content (AvgIpc) is 3.20. The second-order valence-electron chi connectivity index (χ2n) is 7.64. The third kappa shape index (κ3) is 5.51. The van der Waals surface area contributed by atoms with Crippen LogP contribution in [0.25, 0.3) is 0 Å². The molecule has 0 radical (unpaired) electrons. The van der Waals surface area contributed by atoms with Crippen LogP contribution in [0.5, 0.6) is 5.75 Å². The maximum atomic E-state index is 12.6. The number of hydrogen-bond donors (Lipinski definition) is 2. The number of nitrogens with zero attached hydrogens (tertiary/aromatic N) is 1. The van der Waals surface area contributed by atoms with E-state index in [2.05, 4.69) is 4.72 Å². The first-order chi connectivity index (χ1) is 13.2. The molecule has 0 amide bonds. The summed E-state index contributed by atoms with van der Waals surface area (Å²) in [5, 5.41) is 13.4. The highest BCUT2D eigenvalue weighted by molar-refractivity contribution is 7.91. The molecular weight excluding hydrogens is 432 g/mol. The summed E-state index contributed by atoms with van der Waals surface area (Å²) in [4.78, 5) is 2.03. The lowest BCUT2D eigenvalue weighted by atomic mass is 9.69. The normalized spacial score (nSPS) is 24.9. The Morgan fingerprint density at radius 3 is 2.69 bits per heavy atom. The molecular formula is C20H29ClN2O4S2. The molecule has 29 heavy (non-hydrogen) atoms. The first-order valence-corrected chi connectivity index (χ1v) is 11.7. The van der Waals surface area contributed by atoms with Gasteiger partial charge in [0.15, 0.2) is 0 Å². The zero-order valence-corrected chi connectivity index (χ0v) is 19.3. The Morgan fingerprint density at radius 2 is 2.07 bits per heavy atom. The zero-order valence-electron chi connectivity index (χ0n) is 16.9. The van der Waals surface area contributed by atoms with E-state index >= 15 is 0 Å². The van der Waals surface area contributed by atoms with Gasteiger partial charge >= 0.3 is 0 Å². The fourth-order valence-corrected chi connectivity index (χ4v) is 6.29. The van der Waals surface area contributed by atoms with Gasteiger partial charge in [-0.15, -0.1) is 23.7 Å². The van der Waals surface area contributed by atoms with Gasteiger partial charge in [-0.3, -0.25) is 0 Å². The van der Waals surface area contributed by atoms with Crippen LogP contribution in [0, 0.1) is 5.92 Å². The van der Waals surface area contributed by atoms with Crippen molar-refractivity contribution >= 4 is 33.8 Å². The van der Waals surface area contributed by atoms with E-state index in [-0.39, 0.29) is 24.4 Å². The van der Waals surface area contributed by atoms with Crippen molar-refractivity contribution in [3.63, 3.8) is 0 Å². The van der Waals surface area contributed by atoms with Crippen LogP contribution in [0.3, 0.4) is 0 Å². The number of thiophene rings is 1. The van der Waals surface area contributed by atoms with Gasteiger partial charge in [-0.1, -0.05) is 18.2 Å². The van der Waals surface area contributed by atoms with Crippen molar-refractivity contribution in [2.45, 2.75) is 35.1 Å². The minimum Gasteiger partial charge on any atom is -0.497 e. The quantitative estimate of drug-likeness (QED) is 0.663. The average molecular weight is 461 g/mol. The zero-order chi connectivity index (χ0) is 20.4. The standard InChI is InChI=1S/C20H28N2O4S2.ClH/c1-22(2)14-16-12-17(21-28(24,25)19-8-5-11-27-19)9-10-20(16,23)15-6-4-7-18(13-15)26-3;/h4-8,11,13,16-17,21,23H,9-10,12,14H2,1-3H3;1H. The molecule has 1 aromatic heterocycles. The van der Waals surface area contributed by atoms with Gasteiger partial charge < -0.3 is 14.7 Å². The van der Waals surface area contributed by atoms with Crippen LogP contribution in [-0.2, 0) is 15.6 Å². The topological polar surface area (TPSA) is 78.9 Å². The van der Waals surface area contributed by atoms with Crippen molar-refractivity contribution in [3.05, 3.63) is 47.3 Å². The molecule has 2 N–H and O–H groups in total. The number of rotatable bonds is 7. The van der Waals surface area contributed by atoms with Gasteiger partial charge in [-0.2, -0.15) is 0 Å². The maximum Gasteiger partial charge on any atom is 0.250 e. The fraction of sp³-hybridized carbons (Fsp3) is 0.500. The number of benzene rings is 1. The largest absolute Gasteiger partial charge is 0.497 e. The number of methoxy groups -OCH3 is 1. The van der Waals surface area contributed by atoms with E-state index in [0.29, 0.717) is 35.8 Å². The Hall–Kier alpha value is -1.16. The van der Waals surface area contributed by atoms with Gasteiger partial charge in [0, 0.05) is 18.5 Å². The molecule has 162 valence electrons. The minimum absolute atomic E-state index is 0. The number of sulfonamides is 1. The van der Waals surface area contributed by atoms with E-state index in [1.807, 2.05) is 43.3 Å². The summed E-state index contributed by atoms with van der Waals surface area (Å²) in [6.45, 7) is 0.658. The Bertz CT molecular complexity index is 890. The van der Waals surface area contributed by atoms with Crippen LogP contribution >= 0.6 is 23.7 Å². The van der Waals surface area contributed by atoms with Crippen LogP contribution in [0.1, 0.15) is 24.8 Å². The van der Waals surface area contributed by atoms with Crippen molar-refractivity contribution in [1.29, 1.82) is 0 Å². The van der Waals surface area contributed by atoms with E-state index in [9.17, 15) is 13.5 Å². The SMILES string of the molecule is COc1cccc(C2(O)CCC(NS(=O)(=O)c3cccs3)CC2CN(C)C)c1.Cl. The molecule has 1 aliphatic rings. The van der Waals surface area contributed by atoms with E-state index in [1.165, 1.54) is 11.3 Å². The highest BCUT2D eigenvalue weighted by Gasteiger charge is 2.44. The Morgan fingerprint density at radius 1 is 1.31 bits per heavy atom. The smallest absolute Gasteiger partial charge is 0.250 e. The van der Waals surface area contributed by atoms with Crippen LogP contribution in [0.2, 0.25) is 0 Å². The van der Waals surface area contributed by atoms with Gasteiger partial charge in [0.05, 0.1) is 12.7 Å². The number of aliphatic hydroxyl groups is 1. The summed E-state index contributed by atoms with van der Waals surface area (Å²) in [6, 6.07) is 10.7. The molecule has 3 atom stereocenters. The second-order valence-corrected chi connectivity index (χ2v) is 10.5. The van der Waals surface area contributed by atoms with Gasteiger partial charge in [0.2, 0.25) is 10.0 Å². The third-order valence-corrected chi connectivity index (χ3v) is 8.27. The van der Waals surface area contributed by atoms with Crippen LogP contribution in [0.4, 0.5) is 0 Å². The van der Waals surface area contributed by atoms with Crippen LogP contribution < -0.4 is 9.46 Å². The summed E-state index contributed by atoms with van der Waals surface area (Å²) in [6.07, 6.45) is 1.62. The van der Waals surface area contributed by atoms with E-state index < -0.39 is 15.6 Å². The van der Waals surface area contributed by atoms with Crippen molar-refractivity contribution in [3.8, 4) is 5.75 Å². The summed E-state index contributed by atoms with van der Waals surface area (Å²) < 4.78 is 33.7. The molecule has 0 saturated heterocycles. The predicted octanol–water partition coefficient (Wildman–Crippen LogP) is 3.07. The molecule has 0 spiro atoms. The van der Waals surface area contributed by atoms with Crippen molar-refractivity contribution < 1.29 is 18.3 Å². The third-order valence-electron chi connectivity index (χ3n) is 5.36. The second kappa shape index (κ2) is 9.76. The Balaban J connectivity index is 0.00000300. The molecule has 1 fully saturated rings. The number of halogens is 1. The molecule has 0 bridgehead atoms. The van der Waals surface area contributed by atoms with Gasteiger partial charge in [0.25, 0.3) is 0 Å². The molecule has 1 aliphatic carbocycles. The van der Waals surface area contributed by atoms with Gasteiger partial charge in [0.1, 0.15) is 9.96 Å². The van der Waals surface area contributed by atoms with E-state index in [4.69, 9.17) is 4.74 Å². The Labute approximate surface area is 183 Å². The highest BCUT2D eigenvalue weighted by Crippen LogP contribution is 2.43. The molecule has 1 heterocycles. The van der Waals surface area contributed by atoms with Gasteiger partial charge in [-0.25, -0.2) is 13.1 Å². The molecule has 2 aromatic rings. The fourth-order valence-electron chi connectivity index (χ4n) is 3.99. The highest BCUT2D eigenvalue weighted by atomic mass is 35.5. The maximum absolute atomic E-state index is 12.6. The van der Waals surface area contributed by atoms with Crippen LogP contribution in [0.15, 0.2) is 46.0 Å². The lowest BCUT2D eigenvalue weighted by Crippen LogP contribution is -2.50. The molecule has 3 unspecified atom stereocenters. The summed E-state index contributed by atoms with van der Waals surface area (Å²) >= 11 is 1.21. The molecule has 6 nitrogen and oxygen atoms in total. The molecule has 9 heteroatoms. The lowest BCUT2D eigenvalue weighted by molar-refractivity contribution is -0.0675. The summed E-state index contributed by atoms with van der Waals surface area (Å²) in [7, 11) is 2.01. The van der Waals surface area contributed by atoms with Crippen molar-refractivity contribution in [1.82, 2.24) is 9.62 Å². The summed E-state index contributed by atoms with van der Waals surface area (Å²) in [5.41, 5.74) is -0.206. The minimum atomic E-state index is -3.53. The number of nitrogens with one attached hydrogen (secondary N) is 1. The predicted molar refractivity (Wildman–Crippen MR) is 118 cm³/mol. The Kier molecular flexibility index (Phi) is 8.12. The molecule has 1 aromatic carbocycles. The van der Waals surface area contributed by atoms with Crippen molar-refractivity contribution in [2.24, 2.45) is 5.92 Å². The first kappa shape index (κ1) is 24.1. The van der Waals surface area contributed by atoms with Gasteiger partial charge in [-0.05, 0) is 62.5 Å². The number of ether oxygens (including phenoxy) is 1. The van der Waals surface area contributed by atoms with Crippen LogP contribution in [-0.4, -0.2) is 52.2 Å². The summed E-state index contributed by atoms with van der Waals surface area (Å²) in [5.74, 6) is 0.592. The molecule has 3 rings (SSSR count).